The molecule has 3 fully saturated rings. The van der Waals surface area contributed by atoms with Crippen molar-refractivity contribution in [2.45, 2.75) is 26.1 Å². The quantitative estimate of drug-likeness (QED) is 0.554. The summed E-state index contributed by atoms with van der Waals surface area (Å²) in [5.74, 6) is -2.79. The van der Waals surface area contributed by atoms with Gasteiger partial charge < -0.3 is 9.47 Å². The summed E-state index contributed by atoms with van der Waals surface area (Å²) in [4.78, 5) is 23.8. The Morgan fingerprint density at radius 1 is 1.58 bits per heavy atom. The molecule has 100 valence electrons. The number of ether oxygens (including phenoxy) is 2. The monoisotopic (exact) mass is 261 g/mol. The van der Waals surface area contributed by atoms with E-state index >= 15 is 0 Å². The Labute approximate surface area is 111 Å². The van der Waals surface area contributed by atoms with Gasteiger partial charge in [-0.15, -0.1) is 0 Å². The maximum Gasteiger partial charge on any atom is 0.333 e. The van der Waals surface area contributed by atoms with Crippen LogP contribution in [-0.4, -0.2) is 17.7 Å². The third-order valence-electron chi connectivity index (χ3n) is 5.38. The number of fused-ring (bicyclic) bond motifs is 1. The van der Waals surface area contributed by atoms with Crippen LogP contribution in [0.2, 0.25) is 0 Å². The van der Waals surface area contributed by atoms with Crippen LogP contribution in [0.4, 0.5) is 0 Å². The minimum Gasteiger partial charge on any atom is -0.421 e. The van der Waals surface area contributed by atoms with Crippen molar-refractivity contribution in [1.29, 1.82) is 5.26 Å². The van der Waals surface area contributed by atoms with E-state index in [1.807, 2.05) is 13.8 Å². The zero-order valence-electron chi connectivity index (χ0n) is 10.9. The number of nitrogens with zero attached hydrogens (tertiary/aromatic N) is 1. The first-order valence-electron chi connectivity index (χ1n) is 6.44. The summed E-state index contributed by atoms with van der Waals surface area (Å²) in [6.07, 6.45) is 1.74. The zero-order chi connectivity index (χ0) is 14.0. The van der Waals surface area contributed by atoms with Crippen LogP contribution in [0.25, 0.3) is 0 Å². The number of carbonyl (C=O) groups is 2. The van der Waals surface area contributed by atoms with Gasteiger partial charge in [-0.1, -0.05) is 20.4 Å². The zero-order valence-corrected chi connectivity index (χ0v) is 10.9. The van der Waals surface area contributed by atoms with Gasteiger partial charge in [0.2, 0.25) is 0 Å². The van der Waals surface area contributed by atoms with Crippen molar-refractivity contribution in [3.8, 4) is 6.07 Å². The van der Waals surface area contributed by atoms with E-state index in [2.05, 4.69) is 12.6 Å². The Kier molecular flexibility index (Phi) is 2.17. The predicted molar refractivity (Wildman–Crippen MR) is 63.1 cm³/mol. The molecule has 0 aromatic heterocycles. The van der Waals surface area contributed by atoms with Crippen LogP contribution < -0.4 is 0 Å². The second-order valence-electron chi connectivity index (χ2n) is 5.75. The van der Waals surface area contributed by atoms with Crippen molar-refractivity contribution < 1.29 is 19.1 Å². The molecular weight excluding hydrogens is 246 g/mol. The van der Waals surface area contributed by atoms with E-state index in [0.29, 0.717) is 6.42 Å². The summed E-state index contributed by atoms with van der Waals surface area (Å²) in [6, 6.07) is 2.14. The number of carbonyl (C=O) groups excluding carboxylic acids is 2. The number of hydrogen-bond acceptors (Lipinski definition) is 5. The van der Waals surface area contributed by atoms with Crippen LogP contribution in [0.1, 0.15) is 20.3 Å². The fourth-order valence-electron chi connectivity index (χ4n) is 4.38. The Balaban J connectivity index is 2.11. The highest BCUT2D eigenvalue weighted by molar-refractivity contribution is 5.87. The smallest absolute Gasteiger partial charge is 0.333 e. The molecule has 6 unspecified atom stereocenters. The van der Waals surface area contributed by atoms with Crippen molar-refractivity contribution in [2.75, 3.05) is 0 Å². The van der Waals surface area contributed by atoms with Crippen LogP contribution in [0.15, 0.2) is 12.7 Å². The fraction of sp³-hybridized carbons (Fsp3) is 0.643. The van der Waals surface area contributed by atoms with Gasteiger partial charge in [-0.25, -0.2) is 4.79 Å². The largest absolute Gasteiger partial charge is 0.421 e. The highest BCUT2D eigenvalue weighted by Crippen LogP contribution is 2.71. The first kappa shape index (κ1) is 12.2. The normalized spacial score (nSPS) is 49.6. The van der Waals surface area contributed by atoms with Crippen molar-refractivity contribution in [1.82, 2.24) is 0 Å². The van der Waals surface area contributed by atoms with Gasteiger partial charge in [-0.2, -0.15) is 5.26 Å². The molecule has 19 heavy (non-hydrogen) atoms. The minimum atomic E-state index is -1.27. The lowest BCUT2D eigenvalue weighted by Gasteiger charge is -2.38. The van der Waals surface area contributed by atoms with Crippen molar-refractivity contribution in [3.05, 3.63) is 12.7 Å². The number of esters is 2. The molecule has 2 bridgehead atoms. The van der Waals surface area contributed by atoms with Gasteiger partial charge in [0, 0.05) is 12.0 Å². The number of rotatable bonds is 2. The molecule has 2 aliphatic carbocycles. The van der Waals surface area contributed by atoms with Gasteiger partial charge in [-0.3, -0.25) is 4.79 Å². The molecule has 2 saturated carbocycles. The van der Waals surface area contributed by atoms with Crippen LogP contribution in [0.5, 0.6) is 0 Å². The Morgan fingerprint density at radius 2 is 2.26 bits per heavy atom. The van der Waals surface area contributed by atoms with Crippen LogP contribution in [0, 0.1) is 40.4 Å². The number of hydrogen-bond donors (Lipinski definition) is 0. The summed E-state index contributed by atoms with van der Waals surface area (Å²) in [5, 5.41) is 9.49. The van der Waals surface area contributed by atoms with Gasteiger partial charge in [-0.05, 0) is 18.3 Å². The van der Waals surface area contributed by atoms with E-state index < -0.39 is 23.1 Å². The molecule has 5 nitrogen and oxygen atoms in total. The molecule has 1 aliphatic heterocycles. The van der Waals surface area contributed by atoms with E-state index in [0.717, 1.165) is 6.08 Å². The predicted octanol–water partition coefficient (Wildman–Crippen LogP) is 1.40. The molecule has 0 amide bonds. The first-order valence-corrected chi connectivity index (χ1v) is 6.44. The molecule has 0 spiro atoms. The molecule has 6 atom stereocenters. The second kappa shape index (κ2) is 3.38. The average molecular weight is 261 g/mol. The average Bonchev–Trinajstić information content (AvgIpc) is 2.90. The van der Waals surface area contributed by atoms with Crippen LogP contribution in [0.3, 0.4) is 0 Å². The summed E-state index contributed by atoms with van der Waals surface area (Å²) in [7, 11) is 0. The molecule has 0 aromatic carbocycles. The van der Waals surface area contributed by atoms with Crippen molar-refractivity contribution >= 4 is 11.9 Å². The molecule has 5 heteroatoms. The highest BCUT2D eigenvalue weighted by atomic mass is 16.7. The molecule has 3 rings (SSSR count). The molecule has 3 aliphatic rings. The summed E-state index contributed by atoms with van der Waals surface area (Å²) < 4.78 is 10.8. The maximum absolute atomic E-state index is 12.2. The van der Waals surface area contributed by atoms with E-state index in [1.54, 1.807) is 0 Å². The Hall–Kier alpha value is -1.83. The van der Waals surface area contributed by atoms with Crippen LogP contribution in [-0.2, 0) is 19.1 Å². The van der Waals surface area contributed by atoms with Gasteiger partial charge in [0.15, 0.2) is 5.41 Å². The first-order chi connectivity index (χ1) is 8.94. The Bertz CT molecular complexity index is 536. The molecule has 1 heterocycles. The SMILES string of the molecule is C=CC(=O)OC12OC(=O)C3(C#N)C(C)C(CC13)C2C. The molecule has 0 aromatic rings. The van der Waals surface area contributed by atoms with Gasteiger partial charge in [0.1, 0.15) is 0 Å². The topological polar surface area (TPSA) is 76.4 Å². The van der Waals surface area contributed by atoms with E-state index in [1.165, 1.54) is 0 Å². The van der Waals surface area contributed by atoms with Crippen LogP contribution >= 0.6 is 0 Å². The second-order valence-corrected chi connectivity index (χ2v) is 5.75. The molecular formula is C14H15NO4. The third kappa shape index (κ3) is 1.07. The molecule has 1 saturated heterocycles. The number of nitriles is 1. The minimum absolute atomic E-state index is 0.0666. The standard InChI is InChI=1S/C14H15NO4/c1-4-11(16)18-14-8(3)9-5-10(14)13(6-15,7(9)2)12(17)19-14/h4,7-10H,1,5H2,2-3H3. The van der Waals surface area contributed by atoms with E-state index in [9.17, 15) is 14.9 Å². The maximum atomic E-state index is 12.2. The third-order valence-corrected chi connectivity index (χ3v) is 5.38. The van der Waals surface area contributed by atoms with Gasteiger partial charge in [0.25, 0.3) is 5.79 Å². The molecule has 0 N–H and O–H groups in total. The highest BCUT2D eigenvalue weighted by Gasteiger charge is 2.82. The lowest BCUT2D eigenvalue weighted by molar-refractivity contribution is -0.236. The lowest BCUT2D eigenvalue weighted by atomic mass is 9.64. The van der Waals surface area contributed by atoms with E-state index in [4.69, 9.17) is 9.47 Å². The fourth-order valence-corrected chi connectivity index (χ4v) is 4.38. The van der Waals surface area contributed by atoms with Crippen molar-refractivity contribution in [3.63, 3.8) is 0 Å². The van der Waals surface area contributed by atoms with E-state index in [-0.39, 0.29) is 23.7 Å². The summed E-state index contributed by atoms with van der Waals surface area (Å²) in [6.45, 7) is 7.19. The van der Waals surface area contributed by atoms with Gasteiger partial charge in [0.05, 0.1) is 12.0 Å². The Morgan fingerprint density at radius 3 is 2.79 bits per heavy atom. The molecule has 0 radical (unpaired) electrons. The van der Waals surface area contributed by atoms with Crippen molar-refractivity contribution in [2.24, 2.45) is 29.1 Å². The summed E-state index contributed by atoms with van der Waals surface area (Å²) in [5.41, 5.74) is -1.15. The lowest BCUT2D eigenvalue weighted by Crippen LogP contribution is -2.50. The summed E-state index contributed by atoms with van der Waals surface area (Å²) >= 11 is 0. The van der Waals surface area contributed by atoms with Gasteiger partial charge >= 0.3 is 11.9 Å².